The van der Waals surface area contributed by atoms with Crippen molar-refractivity contribution in [1.29, 1.82) is 0 Å². The topological polar surface area (TPSA) is 130 Å². The highest BCUT2D eigenvalue weighted by atomic mass is 32.2. The minimum atomic E-state index is -4.03. The van der Waals surface area contributed by atoms with Crippen LogP contribution < -0.4 is 9.44 Å². The lowest BCUT2D eigenvalue weighted by Gasteiger charge is -2.18. The number of hydrogen-bond acceptors (Lipinski definition) is 5. The van der Waals surface area contributed by atoms with Gasteiger partial charge in [0.25, 0.3) is 10.0 Å². The Morgan fingerprint density at radius 3 is 1.96 bits per heavy atom. The van der Waals surface area contributed by atoms with Gasteiger partial charge >= 0.3 is 5.97 Å². The van der Waals surface area contributed by atoms with Gasteiger partial charge in [-0.05, 0) is 61.7 Å². The summed E-state index contributed by atoms with van der Waals surface area (Å²) in [4.78, 5) is 10.9. The largest absolute Gasteiger partial charge is 0.478 e. The second-order valence-electron chi connectivity index (χ2n) is 6.20. The van der Waals surface area contributed by atoms with Gasteiger partial charge in [0.2, 0.25) is 10.0 Å². The molecule has 0 aliphatic carbocycles. The van der Waals surface area contributed by atoms with E-state index in [2.05, 4.69) is 9.44 Å². The molecule has 0 atom stereocenters. The molecule has 0 bridgehead atoms. The summed E-state index contributed by atoms with van der Waals surface area (Å²) in [5.41, 5.74) is 1.76. The summed E-state index contributed by atoms with van der Waals surface area (Å²) in [5.74, 6) is -1.12. The number of aromatic carboxylic acids is 1. The van der Waals surface area contributed by atoms with Crippen LogP contribution in [-0.2, 0) is 20.0 Å². The molecule has 146 valence electrons. The minimum Gasteiger partial charge on any atom is -0.478 e. The maximum absolute atomic E-state index is 12.9. The SMILES string of the molecule is Cc1cc(C)c(S(=O)(=O)Nc2ccc(C(=O)O)cc2)c(C)c1NS(C)(=O)=O. The van der Waals surface area contributed by atoms with Crippen molar-refractivity contribution in [3.8, 4) is 0 Å². The molecule has 0 saturated heterocycles. The summed E-state index contributed by atoms with van der Waals surface area (Å²) in [7, 11) is -7.62. The van der Waals surface area contributed by atoms with E-state index in [1.54, 1.807) is 19.9 Å². The molecule has 0 heterocycles. The Morgan fingerprint density at radius 2 is 1.48 bits per heavy atom. The first-order valence-corrected chi connectivity index (χ1v) is 11.1. The van der Waals surface area contributed by atoms with Crippen molar-refractivity contribution in [3.63, 3.8) is 0 Å². The molecule has 0 unspecified atom stereocenters. The van der Waals surface area contributed by atoms with Crippen LogP contribution in [0, 0.1) is 20.8 Å². The highest BCUT2D eigenvalue weighted by Crippen LogP contribution is 2.32. The fraction of sp³-hybridized carbons (Fsp3) is 0.235. The molecule has 0 spiro atoms. The fourth-order valence-corrected chi connectivity index (χ4v) is 5.03. The van der Waals surface area contributed by atoms with E-state index in [-0.39, 0.29) is 27.4 Å². The van der Waals surface area contributed by atoms with Crippen LogP contribution >= 0.6 is 0 Å². The van der Waals surface area contributed by atoms with E-state index >= 15 is 0 Å². The maximum atomic E-state index is 12.9. The van der Waals surface area contributed by atoms with Crippen LogP contribution in [0.5, 0.6) is 0 Å². The van der Waals surface area contributed by atoms with Crippen LogP contribution in [0.3, 0.4) is 0 Å². The van der Waals surface area contributed by atoms with Gasteiger partial charge in [-0.15, -0.1) is 0 Å². The van der Waals surface area contributed by atoms with E-state index < -0.39 is 26.0 Å². The molecular formula is C17H20N2O6S2. The van der Waals surface area contributed by atoms with E-state index in [0.29, 0.717) is 11.1 Å². The number of sulfonamides is 2. The average molecular weight is 412 g/mol. The Labute approximate surface area is 158 Å². The first-order valence-electron chi connectivity index (χ1n) is 7.76. The van der Waals surface area contributed by atoms with Gasteiger partial charge < -0.3 is 5.11 Å². The zero-order valence-corrected chi connectivity index (χ0v) is 16.8. The van der Waals surface area contributed by atoms with Gasteiger partial charge in [0.1, 0.15) is 0 Å². The van der Waals surface area contributed by atoms with Gasteiger partial charge in [-0.2, -0.15) is 0 Å². The number of benzene rings is 2. The van der Waals surface area contributed by atoms with Crippen LogP contribution in [0.4, 0.5) is 11.4 Å². The number of nitrogens with one attached hydrogen (secondary N) is 2. The lowest BCUT2D eigenvalue weighted by molar-refractivity contribution is 0.0697. The van der Waals surface area contributed by atoms with Crippen molar-refractivity contribution >= 4 is 37.4 Å². The van der Waals surface area contributed by atoms with E-state index in [4.69, 9.17) is 5.11 Å². The van der Waals surface area contributed by atoms with Crippen LogP contribution in [0.25, 0.3) is 0 Å². The molecule has 27 heavy (non-hydrogen) atoms. The predicted molar refractivity (Wildman–Crippen MR) is 103 cm³/mol. The van der Waals surface area contributed by atoms with E-state index in [9.17, 15) is 21.6 Å². The van der Waals surface area contributed by atoms with Gasteiger partial charge in [0.05, 0.1) is 22.4 Å². The summed E-state index contributed by atoms with van der Waals surface area (Å²) < 4.78 is 53.7. The minimum absolute atomic E-state index is 0.0280. The molecule has 8 nitrogen and oxygen atoms in total. The number of anilines is 2. The average Bonchev–Trinajstić information content (AvgIpc) is 2.50. The summed E-state index contributed by atoms with van der Waals surface area (Å²) in [5, 5.41) is 8.91. The van der Waals surface area contributed by atoms with Crippen molar-refractivity contribution in [2.24, 2.45) is 0 Å². The third-order valence-electron chi connectivity index (χ3n) is 3.84. The summed E-state index contributed by atoms with van der Waals surface area (Å²) in [6.45, 7) is 4.82. The quantitative estimate of drug-likeness (QED) is 0.668. The van der Waals surface area contributed by atoms with Crippen molar-refractivity contribution in [3.05, 3.63) is 52.6 Å². The number of carboxylic acid groups (broad SMARTS) is 1. The van der Waals surface area contributed by atoms with Gasteiger partial charge in [0, 0.05) is 5.69 Å². The zero-order chi connectivity index (χ0) is 20.6. The predicted octanol–water partition coefficient (Wildman–Crippen LogP) is 2.48. The van der Waals surface area contributed by atoms with E-state index in [1.165, 1.54) is 31.2 Å². The van der Waals surface area contributed by atoms with Crippen molar-refractivity contribution < 1.29 is 26.7 Å². The molecule has 0 amide bonds. The number of carboxylic acids is 1. The molecule has 3 N–H and O–H groups in total. The molecule has 0 fully saturated rings. The molecule has 0 aromatic heterocycles. The molecule has 0 saturated carbocycles. The van der Waals surface area contributed by atoms with Crippen molar-refractivity contribution in [2.45, 2.75) is 25.7 Å². The monoisotopic (exact) mass is 412 g/mol. The first kappa shape index (κ1) is 20.7. The summed E-state index contributed by atoms with van der Waals surface area (Å²) in [6.07, 6.45) is 0.988. The molecule has 0 aliphatic rings. The lowest BCUT2D eigenvalue weighted by Crippen LogP contribution is -2.19. The van der Waals surface area contributed by atoms with E-state index in [0.717, 1.165) is 6.26 Å². The van der Waals surface area contributed by atoms with E-state index in [1.807, 2.05) is 0 Å². The summed E-state index contributed by atoms with van der Waals surface area (Å²) in [6, 6.07) is 6.84. The van der Waals surface area contributed by atoms with Crippen molar-refractivity contribution in [1.82, 2.24) is 0 Å². The third-order valence-corrected chi connectivity index (χ3v) is 6.09. The Morgan fingerprint density at radius 1 is 0.926 bits per heavy atom. The normalized spacial score (nSPS) is 11.9. The van der Waals surface area contributed by atoms with Crippen LogP contribution in [0.1, 0.15) is 27.0 Å². The maximum Gasteiger partial charge on any atom is 0.335 e. The Balaban J connectivity index is 2.52. The molecular weight excluding hydrogens is 392 g/mol. The molecule has 0 radical (unpaired) electrons. The smallest absolute Gasteiger partial charge is 0.335 e. The number of hydrogen-bond donors (Lipinski definition) is 3. The summed E-state index contributed by atoms with van der Waals surface area (Å²) >= 11 is 0. The first-order chi connectivity index (χ1) is 12.3. The molecule has 2 rings (SSSR count). The van der Waals surface area contributed by atoms with Crippen LogP contribution in [0.15, 0.2) is 35.2 Å². The Bertz CT molecular complexity index is 1110. The fourth-order valence-electron chi connectivity index (χ4n) is 2.81. The Hall–Kier alpha value is -2.59. The molecule has 0 aliphatic heterocycles. The van der Waals surface area contributed by atoms with Crippen LogP contribution in [0.2, 0.25) is 0 Å². The zero-order valence-electron chi connectivity index (χ0n) is 15.2. The van der Waals surface area contributed by atoms with Gasteiger partial charge in [-0.1, -0.05) is 6.07 Å². The molecule has 2 aromatic carbocycles. The Kier molecular flexibility index (Phi) is 5.52. The molecule has 2 aromatic rings. The number of rotatable bonds is 6. The van der Waals surface area contributed by atoms with Gasteiger partial charge in [0.15, 0.2) is 0 Å². The van der Waals surface area contributed by atoms with Crippen LogP contribution in [-0.4, -0.2) is 34.2 Å². The second kappa shape index (κ2) is 7.20. The number of aryl methyl sites for hydroxylation is 2. The molecule has 10 heteroatoms. The standard InChI is InChI=1S/C17H20N2O6S2/c1-10-9-11(2)16(12(3)15(10)19-26(4,22)23)27(24,25)18-14-7-5-13(6-8-14)17(20)21/h5-9,18-19H,1-4H3,(H,20,21). The number of carbonyl (C=O) groups is 1. The highest BCUT2D eigenvalue weighted by molar-refractivity contribution is 7.93. The second-order valence-corrected chi connectivity index (χ2v) is 9.57. The third kappa shape index (κ3) is 4.77. The van der Waals surface area contributed by atoms with Gasteiger partial charge in [-0.25, -0.2) is 21.6 Å². The van der Waals surface area contributed by atoms with Crippen molar-refractivity contribution in [2.75, 3.05) is 15.7 Å². The van der Waals surface area contributed by atoms with Gasteiger partial charge in [-0.3, -0.25) is 9.44 Å². The highest BCUT2D eigenvalue weighted by Gasteiger charge is 2.24. The lowest BCUT2D eigenvalue weighted by atomic mass is 10.1.